The van der Waals surface area contributed by atoms with Crippen molar-refractivity contribution >= 4 is 0 Å². The van der Waals surface area contributed by atoms with Crippen LogP contribution < -0.4 is 5.32 Å². The normalized spacial score (nSPS) is 29.8. The summed E-state index contributed by atoms with van der Waals surface area (Å²) in [6.07, 6.45) is 2.94. The largest absolute Gasteiger partial charge is 0.378 e. The second-order valence-corrected chi connectivity index (χ2v) is 4.82. The van der Waals surface area contributed by atoms with E-state index in [1.165, 1.54) is 12.8 Å². The van der Waals surface area contributed by atoms with E-state index in [1.807, 2.05) is 0 Å². The average Bonchev–Trinajstić information content (AvgIpc) is 2.50. The molecule has 1 aliphatic rings. The minimum Gasteiger partial charge on any atom is -0.378 e. The van der Waals surface area contributed by atoms with Gasteiger partial charge in [-0.15, -0.1) is 0 Å². The lowest BCUT2D eigenvalue weighted by molar-refractivity contribution is 0.0928. The van der Waals surface area contributed by atoms with Gasteiger partial charge in [-0.1, -0.05) is 20.8 Å². The molecule has 1 rings (SSSR count). The maximum absolute atomic E-state index is 5.63. The molecule has 0 aromatic rings. The minimum atomic E-state index is 0.442. The van der Waals surface area contributed by atoms with E-state index in [4.69, 9.17) is 4.74 Å². The van der Waals surface area contributed by atoms with Crippen LogP contribution in [-0.2, 0) is 4.74 Å². The smallest absolute Gasteiger partial charge is 0.0590 e. The molecule has 0 aromatic heterocycles. The van der Waals surface area contributed by atoms with Crippen LogP contribution in [0.5, 0.6) is 0 Å². The first-order valence-corrected chi connectivity index (χ1v) is 6.00. The summed E-state index contributed by atoms with van der Waals surface area (Å²) in [5.41, 5.74) is 0. The van der Waals surface area contributed by atoms with Gasteiger partial charge in [-0.05, 0) is 32.2 Å². The zero-order chi connectivity index (χ0) is 10.6. The van der Waals surface area contributed by atoms with Gasteiger partial charge in [-0.3, -0.25) is 0 Å². The Kier molecular flexibility index (Phi) is 4.90. The summed E-state index contributed by atoms with van der Waals surface area (Å²) in [6.45, 7) is 11.0. The Hall–Kier alpha value is -0.0800. The standard InChI is InChI=1S/C12H25NO/c1-5-13-12(8-9(2)3)11-6-7-14-10(11)4/h9-13H,5-8H2,1-4H3. The third-order valence-electron chi connectivity index (χ3n) is 3.14. The van der Waals surface area contributed by atoms with Gasteiger partial charge in [0.15, 0.2) is 0 Å². The monoisotopic (exact) mass is 199 g/mol. The van der Waals surface area contributed by atoms with Gasteiger partial charge in [0.1, 0.15) is 0 Å². The van der Waals surface area contributed by atoms with Crippen molar-refractivity contribution in [2.75, 3.05) is 13.2 Å². The van der Waals surface area contributed by atoms with Crippen molar-refractivity contribution in [2.45, 2.75) is 52.7 Å². The third-order valence-corrected chi connectivity index (χ3v) is 3.14. The summed E-state index contributed by atoms with van der Waals surface area (Å²) in [5, 5.41) is 3.61. The molecule has 0 spiro atoms. The molecule has 84 valence electrons. The second-order valence-electron chi connectivity index (χ2n) is 4.82. The van der Waals surface area contributed by atoms with Crippen LogP contribution in [0.3, 0.4) is 0 Å². The summed E-state index contributed by atoms with van der Waals surface area (Å²) in [7, 11) is 0. The first-order chi connectivity index (χ1) is 6.65. The van der Waals surface area contributed by atoms with E-state index in [9.17, 15) is 0 Å². The molecular formula is C12H25NO. The van der Waals surface area contributed by atoms with E-state index in [-0.39, 0.29) is 0 Å². The predicted octanol–water partition coefficient (Wildman–Crippen LogP) is 2.44. The number of nitrogens with one attached hydrogen (secondary N) is 1. The molecule has 1 aliphatic heterocycles. The van der Waals surface area contributed by atoms with Gasteiger partial charge in [-0.25, -0.2) is 0 Å². The molecule has 0 amide bonds. The topological polar surface area (TPSA) is 21.3 Å². The van der Waals surface area contributed by atoms with Crippen molar-refractivity contribution in [1.29, 1.82) is 0 Å². The van der Waals surface area contributed by atoms with E-state index in [1.54, 1.807) is 0 Å². The van der Waals surface area contributed by atoms with Crippen LogP contribution in [0, 0.1) is 11.8 Å². The lowest BCUT2D eigenvalue weighted by Crippen LogP contribution is -2.40. The average molecular weight is 199 g/mol. The first kappa shape index (κ1) is 12.0. The fourth-order valence-electron chi connectivity index (χ4n) is 2.46. The Morgan fingerprint density at radius 3 is 2.57 bits per heavy atom. The number of hydrogen-bond acceptors (Lipinski definition) is 2. The third kappa shape index (κ3) is 3.25. The molecule has 0 saturated carbocycles. The van der Waals surface area contributed by atoms with Crippen LogP contribution in [0.1, 0.15) is 40.5 Å². The van der Waals surface area contributed by atoms with Crippen LogP contribution >= 0.6 is 0 Å². The first-order valence-electron chi connectivity index (χ1n) is 6.00. The van der Waals surface area contributed by atoms with Crippen molar-refractivity contribution in [3.8, 4) is 0 Å². The van der Waals surface area contributed by atoms with E-state index in [0.717, 1.165) is 25.0 Å². The predicted molar refractivity (Wildman–Crippen MR) is 60.4 cm³/mol. The fourth-order valence-corrected chi connectivity index (χ4v) is 2.46. The fraction of sp³-hybridized carbons (Fsp3) is 1.00. The molecule has 1 heterocycles. The van der Waals surface area contributed by atoms with Gasteiger partial charge in [0, 0.05) is 18.6 Å². The molecule has 3 unspecified atom stereocenters. The molecule has 14 heavy (non-hydrogen) atoms. The maximum Gasteiger partial charge on any atom is 0.0590 e. The summed E-state index contributed by atoms with van der Waals surface area (Å²) in [6, 6.07) is 0.650. The summed E-state index contributed by atoms with van der Waals surface area (Å²) < 4.78 is 5.63. The molecule has 0 bridgehead atoms. The maximum atomic E-state index is 5.63. The number of hydrogen-bond donors (Lipinski definition) is 1. The van der Waals surface area contributed by atoms with Crippen molar-refractivity contribution in [3.63, 3.8) is 0 Å². The van der Waals surface area contributed by atoms with Crippen molar-refractivity contribution < 1.29 is 4.74 Å². The van der Waals surface area contributed by atoms with E-state index >= 15 is 0 Å². The van der Waals surface area contributed by atoms with E-state index in [2.05, 4.69) is 33.0 Å². The molecule has 2 nitrogen and oxygen atoms in total. The Labute approximate surface area is 88.4 Å². The highest BCUT2D eigenvalue weighted by Crippen LogP contribution is 2.27. The Balaban J connectivity index is 2.47. The SMILES string of the molecule is CCNC(CC(C)C)C1CCOC1C. The molecule has 1 N–H and O–H groups in total. The second kappa shape index (κ2) is 5.72. The molecule has 3 atom stereocenters. The van der Waals surface area contributed by atoms with Crippen LogP contribution in [0.25, 0.3) is 0 Å². The number of ether oxygens (including phenoxy) is 1. The summed E-state index contributed by atoms with van der Waals surface area (Å²) in [5.74, 6) is 1.49. The zero-order valence-electron chi connectivity index (χ0n) is 10.0. The van der Waals surface area contributed by atoms with Gasteiger partial charge in [0.2, 0.25) is 0 Å². The Morgan fingerprint density at radius 1 is 1.43 bits per heavy atom. The lowest BCUT2D eigenvalue weighted by atomic mass is 9.87. The summed E-state index contributed by atoms with van der Waals surface area (Å²) in [4.78, 5) is 0. The van der Waals surface area contributed by atoms with Gasteiger partial charge in [0.25, 0.3) is 0 Å². The molecule has 1 saturated heterocycles. The molecule has 0 radical (unpaired) electrons. The summed E-state index contributed by atoms with van der Waals surface area (Å²) >= 11 is 0. The van der Waals surface area contributed by atoms with Gasteiger partial charge in [0.05, 0.1) is 6.10 Å². The Morgan fingerprint density at radius 2 is 2.14 bits per heavy atom. The van der Waals surface area contributed by atoms with Gasteiger partial charge in [-0.2, -0.15) is 0 Å². The Bertz CT molecular complexity index is 158. The molecule has 0 aliphatic carbocycles. The molecule has 1 fully saturated rings. The zero-order valence-corrected chi connectivity index (χ0v) is 10.0. The minimum absolute atomic E-state index is 0.442. The number of rotatable bonds is 5. The van der Waals surface area contributed by atoms with Gasteiger partial charge >= 0.3 is 0 Å². The molecular weight excluding hydrogens is 174 g/mol. The van der Waals surface area contributed by atoms with E-state index < -0.39 is 0 Å². The van der Waals surface area contributed by atoms with Crippen LogP contribution in [-0.4, -0.2) is 25.3 Å². The quantitative estimate of drug-likeness (QED) is 0.734. The van der Waals surface area contributed by atoms with Crippen LogP contribution in [0.15, 0.2) is 0 Å². The van der Waals surface area contributed by atoms with Crippen LogP contribution in [0.4, 0.5) is 0 Å². The highest BCUT2D eigenvalue weighted by molar-refractivity contribution is 4.84. The highest BCUT2D eigenvalue weighted by Gasteiger charge is 2.31. The molecule has 2 heteroatoms. The lowest BCUT2D eigenvalue weighted by Gasteiger charge is -2.28. The van der Waals surface area contributed by atoms with Crippen molar-refractivity contribution in [1.82, 2.24) is 5.32 Å². The van der Waals surface area contributed by atoms with Crippen molar-refractivity contribution in [3.05, 3.63) is 0 Å². The van der Waals surface area contributed by atoms with E-state index in [0.29, 0.717) is 12.1 Å². The molecule has 0 aromatic carbocycles. The highest BCUT2D eigenvalue weighted by atomic mass is 16.5. The van der Waals surface area contributed by atoms with Crippen molar-refractivity contribution in [2.24, 2.45) is 11.8 Å². The van der Waals surface area contributed by atoms with Gasteiger partial charge < -0.3 is 10.1 Å². The van der Waals surface area contributed by atoms with Crippen LogP contribution in [0.2, 0.25) is 0 Å².